The number of carbonyl (C=O) groups excluding carboxylic acids is 2. The van der Waals surface area contributed by atoms with Gasteiger partial charge in [-0.15, -0.1) is 11.3 Å². The number of amides is 2. The van der Waals surface area contributed by atoms with Crippen LogP contribution in [0.1, 0.15) is 15.4 Å². The number of hydrogen-bond donors (Lipinski definition) is 0. The summed E-state index contributed by atoms with van der Waals surface area (Å²) >= 11 is 0.357. The van der Waals surface area contributed by atoms with Gasteiger partial charge >= 0.3 is 6.18 Å². The number of nitrogens with zero attached hydrogens (tertiary/aromatic N) is 3. The van der Waals surface area contributed by atoms with E-state index in [2.05, 4.69) is 4.98 Å². The molecule has 1 aromatic rings. The summed E-state index contributed by atoms with van der Waals surface area (Å²) in [6.07, 6.45) is -4.63. The highest BCUT2D eigenvalue weighted by molar-refractivity contribution is 7.10. The lowest BCUT2D eigenvalue weighted by Crippen LogP contribution is -2.33. The summed E-state index contributed by atoms with van der Waals surface area (Å²) in [5.41, 5.74) is 0.310. The third kappa shape index (κ3) is 3.32. The van der Waals surface area contributed by atoms with E-state index in [1.54, 1.807) is 0 Å². The summed E-state index contributed by atoms with van der Waals surface area (Å²) in [6, 6.07) is 0. The normalized spacial score (nSPS) is 15.9. The topological polar surface area (TPSA) is 62.7 Å². The molecule has 0 radical (unpaired) electrons. The zero-order valence-corrected chi connectivity index (χ0v) is 11.8. The smallest absolute Gasteiger partial charge is 0.383 e. The number of aromatic nitrogens is 1. The highest BCUT2D eigenvalue weighted by Crippen LogP contribution is 2.35. The van der Waals surface area contributed by atoms with Crippen LogP contribution >= 0.6 is 11.3 Å². The SMILES string of the molecule is COCCN1CN(C(=O)c2ncsc2C(F)(F)F)CC1=O. The minimum Gasteiger partial charge on any atom is -0.383 e. The standard InChI is InChI=1S/C11H12F3N3O3S/c1-20-3-2-16-6-17(4-7(16)18)10(19)8-9(11(12,13)14)21-5-15-8/h5H,2-4,6H2,1H3. The average molecular weight is 323 g/mol. The third-order valence-electron chi connectivity index (χ3n) is 2.90. The fraction of sp³-hybridized carbons (Fsp3) is 0.545. The van der Waals surface area contributed by atoms with Gasteiger partial charge in [-0.05, 0) is 0 Å². The molecule has 0 bridgehead atoms. The molecule has 0 N–H and O–H groups in total. The number of alkyl halides is 3. The molecule has 1 aromatic heterocycles. The Labute approximate surface area is 122 Å². The van der Waals surface area contributed by atoms with E-state index in [1.165, 1.54) is 12.0 Å². The van der Waals surface area contributed by atoms with E-state index in [-0.39, 0.29) is 32.3 Å². The summed E-state index contributed by atoms with van der Waals surface area (Å²) in [5.74, 6) is -1.22. The van der Waals surface area contributed by atoms with Gasteiger partial charge in [0.1, 0.15) is 11.4 Å². The van der Waals surface area contributed by atoms with Gasteiger partial charge in [-0.25, -0.2) is 4.98 Å². The molecule has 116 valence electrons. The molecule has 2 amide bonds. The lowest BCUT2D eigenvalue weighted by molar-refractivity contribution is -0.134. The highest BCUT2D eigenvalue weighted by atomic mass is 32.1. The molecule has 0 aromatic carbocycles. The van der Waals surface area contributed by atoms with Gasteiger partial charge in [-0.1, -0.05) is 0 Å². The van der Waals surface area contributed by atoms with Crippen LogP contribution in [0.4, 0.5) is 13.2 Å². The van der Waals surface area contributed by atoms with Crippen LogP contribution in [0.2, 0.25) is 0 Å². The Bertz CT molecular complexity index is 546. The molecule has 6 nitrogen and oxygen atoms in total. The molecule has 1 aliphatic rings. The van der Waals surface area contributed by atoms with E-state index in [0.29, 0.717) is 11.3 Å². The molecule has 2 heterocycles. The Hall–Kier alpha value is -1.68. The predicted molar refractivity (Wildman–Crippen MR) is 66.6 cm³/mol. The fourth-order valence-electron chi connectivity index (χ4n) is 1.88. The summed E-state index contributed by atoms with van der Waals surface area (Å²) in [4.78, 5) is 28.6. The Morgan fingerprint density at radius 1 is 1.52 bits per heavy atom. The van der Waals surface area contributed by atoms with E-state index in [9.17, 15) is 22.8 Å². The predicted octanol–water partition coefficient (Wildman–Crippen LogP) is 1.05. The van der Waals surface area contributed by atoms with E-state index < -0.39 is 22.7 Å². The average Bonchev–Trinajstić information content (AvgIpc) is 3.01. The molecule has 1 saturated heterocycles. The van der Waals surface area contributed by atoms with Gasteiger partial charge in [-0.3, -0.25) is 9.59 Å². The van der Waals surface area contributed by atoms with Crippen molar-refractivity contribution in [3.8, 4) is 0 Å². The minimum atomic E-state index is -4.63. The maximum Gasteiger partial charge on any atom is 0.427 e. The zero-order chi connectivity index (χ0) is 15.6. The first-order chi connectivity index (χ1) is 9.84. The minimum absolute atomic E-state index is 0.0597. The van der Waals surface area contributed by atoms with Crippen molar-refractivity contribution in [3.05, 3.63) is 16.1 Å². The number of methoxy groups -OCH3 is 1. The van der Waals surface area contributed by atoms with Gasteiger partial charge in [0, 0.05) is 13.7 Å². The highest BCUT2D eigenvalue weighted by Gasteiger charge is 2.41. The maximum absolute atomic E-state index is 12.8. The zero-order valence-electron chi connectivity index (χ0n) is 11.0. The second-order valence-corrected chi connectivity index (χ2v) is 5.18. The fourth-order valence-corrected chi connectivity index (χ4v) is 2.53. The summed E-state index contributed by atoms with van der Waals surface area (Å²) in [5, 5.41) is 0. The first-order valence-electron chi connectivity index (χ1n) is 5.91. The first kappa shape index (κ1) is 15.7. The lowest BCUT2D eigenvalue weighted by Gasteiger charge is -2.17. The van der Waals surface area contributed by atoms with Gasteiger partial charge in [0.15, 0.2) is 5.69 Å². The monoisotopic (exact) mass is 323 g/mol. The van der Waals surface area contributed by atoms with E-state index >= 15 is 0 Å². The molecule has 0 unspecified atom stereocenters. The number of rotatable bonds is 4. The van der Waals surface area contributed by atoms with Crippen molar-refractivity contribution in [2.24, 2.45) is 0 Å². The van der Waals surface area contributed by atoms with Crippen LogP contribution < -0.4 is 0 Å². The van der Waals surface area contributed by atoms with Crippen molar-refractivity contribution >= 4 is 23.2 Å². The molecule has 0 aliphatic carbocycles. The molecule has 0 saturated carbocycles. The second kappa shape index (κ2) is 5.98. The van der Waals surface area contributed by atoms with Crippen molar-refractivity contribution in [2.75, 3.05) is 33.5 Å². The van der Waals surface area contributed by atoms with Gasteiger partial charge in [0.2, 0.25) is 5.91 Å². The van der Waals surface area contributed by atoms with Gasteiger partial charge in [0.25, 0.3) is 5.91 Å². The Balaban J connectivity index is 2.12. The van der Waals surface area contributed by atoms with Crippen LogP contribution in [0, 0.1) is 0 Å². The molecular formula is C11H12F3N3O3S. The molecule has 0 spiro atoms. The summed E-state index contributed by atoms with van der Waals surface area (Å²) in [6.45, 7) is 0.258. The Kier molecular flexibility index (Phi) is 4.47. The summed E-state index contributed by atoms with van der Waals surface area (Å²) < 4.78 is 43.1. The van der Waals surface area contributed by atoms with Crippen LogP contribution in [0.15, 0.2) is 5.51 Å². The summed E-state index contributed by atoms with van der Waals surface area (Å²) in [7, 11) is 1.47. The van der Waals surface area contributed by atoms with Crippen LogP contribution in [-0.4, -0.2) is 60.1 Å². The largest absolute Gasteiger partial charge is 0.427 e. The molecule has 21 heavy (non-hydrogen) atoms. The van der Waals surface area contributed by atoms with Crippen LogP contribution in [0.25, 0.3) is 0 Å². The first-order valence-corrected chi connectivity index (χ1v) is 6.79. The van der Waals surface area contributed by atoms with Gasteiger partial charge in [0.05, 0.1) is 18.8 Å². The molecule has 2 rings (SSSR count). The second-order valence-electron chi connectivity index (χ2n) is 4.32. The quantitative estimate of drug-likeness (QED) is 0.831. The number of halogens is 3. The maximum atomic E-state index is 12.8. The van der Waals surface area contributed by atoms with Gasteiger partial charge in [-0.2, -0.15) is 13.2 Å². The number of carbonyl (C=O) groups is 2. The molecule has 1 aliphatic heterocycles. The molecular weight excluding hydrogens is 311 g/mol. The van der Waals surface area contributed by atoms with Gasteiger partial charge < -0.3 is 14.5 Å². The van der Waals surface area contributed by atoms with E-state index in [1.807, 2.05) is 0 Å². The molecule has 10 heteroatoms. The van der Waals surface area contributed by atoms with Crippen molar-refractivity contribution in [1.82, 2.24) is 14.8 Å². The number of thiazole rings is 1. The Morgan fingerprint density at radius 3 is 2.86 bits per heavy atom. The Morgan fingerprint density at radius 2 is 2.24 bits per heavy atom. The van der Waals surface area contributed by atoms with Crippen LogP contribution in [-0.2, 0) is 15.7 Å². The van der Waals surface area contributed by atoms with Crippen molar-refractivity contribution in [3.63, 3.8) is 0 Å². The third-order valence-corrected chi connectivity index (χ3v) is 3.77. The van der Waals surface area contributed by atoms with Crippen molar-refractivity contribution in [1.29, 1.82) is 0 Å². The number of hydrogen-bond acceptors (Lipinski definition) is 5. The van der Waals surface area contributed by atoms with Crippen LogP contribution in [0.3, 0.4) is 0 Å². The van der Waals surface area contributed by atoms with Crippen molar-refractivity contribution < 1.29 is 27.5 Å². The molecule has 1 fully saturated rings. The van der Waals surface area contributed by atoms with E-state index in [4.69, 9.17) is 4.74 Å². The lowest BCUT2D eigenvalue weighted by atomic mass is 10.3. The van der Waals surface area contributed by atoms with E-state index in [0.717, 1.165) is 10.4 Å². The van der Waals surface area contributed by atoms with Crippen molar-refractivity contribution in [2.45, 2.75) is 6.18 Å². The number of ether oxygens (including phenoxy) is 1. The molecule has 0 atom stereocenters. The van der Waals surface area contributed by atoms with Crippen LogP contribution in [0.5, 0.6) is 0 Å².